The Labute approximate surface area is 113 Å². The average molecular weight is 273 g/mol. The molecule has 2 atom stereocenters. The highest BCUT2D eigenvalue weighted by atomic mass is 35.5. The third-order valence-electron chi connectivity index (χ3n) is 3.71. The summed E-state index contributed by atoms with van der Waals surface area (Å²) in [5.74, 6) is 0.841. The molecule has 1 aliphatic rings. The van der Waals surface area contributed by atoms with E-state index in [2.05, 4.69) is 17.9 Å². The van der Waals surface area contributed by atoms with Gasteiger partial charge in [0.05, 0.1) is 11.1 Å². The zero-order chi connectivity index (χ0) is 12.3. The van der Waals surface area contributed by atoms with Crippen LogP contribution < -0.4 is 5.73 Å². The minimum Gasteiger partial charge on any atom is -0.329 e. The molecule has 1 aliphatic heterocycles. The van der Waals surface area contributed by atoms with Gasteiger partial charge in [-0.1, -0.05) is 24.9 Å². The van der Waals surface area contributed by atoms with E-state index >= 15 is 0 Å². The second-order valence-corrected chi connectivity index (χ2v) is 6.21. The minimum absolute atomic E-state index is 0.363. The van der Waals surface area contributed by atoms with Crippen LogP contribution in [-0.4, -0.2) is 24.5 Å². The third kappa shape index (κ3) is 3.22. The predicted molar refractivity (Wildman–Crippen MR) is 75.7 cm³/mol. The third-order valence-corrected chi connectivity index (χ3v) is 5.09. The van der Waals surface area contributed by atoms with E-state index in [0.717, 1.165) is 10.9 Å². The van der Waals surface area contributed by atoms with E-state index in [0.29, 0.717) is 12.6 Å². The highest BCUT2D eigenvalue weighted by Gasteiger charge is 2.26. The zero-order valence-electron chi connectivity index (χ0n) is 10.4. The molecule has 2 heterocycles. The first-order valence-electron chi connectivity index (χ1n) is 6.42. The summed E-state index contributed by atoms with van der Waals surface area (Å²) < 4.78 is 0. The SMILES string of the molecule is CCC1CCCN(C(CN)c2cc(Cl)cs2)C1. The van der Waals surface area contributed by atoms with E-state index < -0.39 is 0 Å². The van der Waals surface area contributed by atoms with Crippen LogP contribution in [0.25, 0.3) is 0 Å². The van der Waals surface area contributed by atoms with Gasteiger partial charge in [-0.25, -0.2) is 0 Å². The van der Waals surface area contributed by atoms with Crippen LogP contribution in [0.1, 0.15) is 37.1 Å². The Morgan fingerprint density at radius 2 is 2.47 bits per heavy atom. The molecule has 0 aromatic carbocycles. The first-order valence-corrected chi connectivity index (χ1v) is 7.68. The first kappa shape index (κ1) is 13.3. The Morgan fingerprint density at radius 1 is 1.65 bits per heavy atom. The molecule has 0 radical (unpaired) electrons. The smallest absolute Gasteiger partial charge is 0.0564 e. The van der Waals surface area contributed by atoms with Crippen molar-refractivity contribution in [1.82, 2.24) is 4.90 Å². The topological polar surface area (TPSA) is 29.3 Å². The van der Waals surface area contributed by atoms with Crippen LogP contribution in [0.3, 0.4) is 0 Å². The van der Waals surface area contributed by atoms with Gasteiger partial charge in [0.15, 0.2) is 0 Å². The van der Waals surface area contributed by atoms with Crippen molar-refractivity contribution in [2.24, 2.45) is 11.7 Å². The van der Waals surface area contributed by atoms with Crippen molar-refractivity contribution in [2.75, 3.05) is 19.6 Å². The standard InChI is InChI=1S/C13H21ClN2S/c1-2-10-4-3-5-16(8-10)12(7-15)13-6-11(14)9-17-13/h6,9-10,12H,2-5,7-8,15H2,1H3. The van der Waals surface area contributed by atoms with Gasteiger partial charge in [-0.2, -0.15) is 0 Å². The summed E-state index contributed by atoms with van der Waals surface area (Å²) in [6, 6.07) is 2.43. The molecule has 1 aromatic rings. The number of nitrogens with two attached hydrogens (primary N) is 1. The first-order chi connectivity index (χ1) is 8.24. The Kier molecular flexibility index (Phi) is 4.86. The zero-order valence-corrected chi connectivity index (χ0v) is 11.9. The quantitative estimate of drug-likeness (QED) is 0.909. The molecule has 0 saturated carbocycles. The molecule has 2 unspecified atom stereocenters. The summed E-state index contributed by atoms with van der Waals surface area (Å²) in [6.07, 6.45) is 3.95. The van der Waals surface area contributed by atoms with Crippen LogP contribution in [0.5, 0.6) is 0 Å². The molecule has 2 rings (SSSR count). The van der Waals surface area contributed by atoms with E-state index in [1.165, 1.54) is 37.2 Å². The second-order valence-electron chi connectivity index (χ2n) is 4.83. The molecule has 96 valence electrons. The van der Waals surface area contributed by atoms with E-state index in [-0.39, 0.29) is 0 Å². The normalized spacial score (nSPS) is 23.8. The number of hydrogen-bond acceptors (Lipinski definition) is 3. The molecular weight excluding hydrogens is 252 g/mol. The van der Waals surface area contributed by atoms with E-state index in [9.17, 15) is 0 Å². The van der Waals surface area contributed by atoms with Gasteiger partial charge in [0.2, 0.25) is 0 Å². The number of hydrogen-bond donors (Lipinski definition) is 1. The Hall–Kier alpha value is -0.0900. The van der Waals surface area contributed by atoms with Crippen molar-refractivity contribution in [3.63, 3.8) is 0 Å². The van der Waals surface area contributed by atoms with Crippen LogP contribution in [0, 0.1) is 5.92 Å². The summed E-state index contributed by atoms with van der Waals surface area (Å²) in [5.41, 5.74) is 5.95. The van der Waals surface area contributed by atoms with Crippen molar-refractivity contribution >= 4 is 22.9 Å². The molecule has 0 aliphatic carbocycles. The van der Waals surface area contributed by atoms with Crippen molar-refractivity contribution in [3.8, 4) is 0 Å². The molecule has 1 aromatic heterocycles. The maximum atomic E-state index is 6.01. The van der Waals surface area contributed by atoms with Gasteiger partial charge in [0.1, 0.15) is 0 Å². The van der Waals surface area contributed by atoms with Crippen LogP contribution in [0.15, 0.2) is 11.4 Å². The van der Waals surface area contributed by atoms with Crippen LogP contribution >= 0.6 is 22.9 Å². The monoisotopic (exact) mass is 272 g/mol. The lowest BCUT2D eigenvalue weighted by Gasteiger charge is -2.37. The number of nitrogens with zero attached hydrogens (tertiary/aromatic N) is 1. The van der Waals surface area contributed by atoms with Crippen molar-refractivity contribution in [3.05, 3.63) is 21.3 Å². The van der Waals surface area contributed by atoms with Gasteiger partial charge in [-0.3, -0.25) is 4.90 Å². The number of piperidine rings is 1. The predicted octanol–water partition coefficient (Wildman–Crippen LogP) is 3.52. The van der Waals surface area contributed by atoms with Gasteiger partial charge in [-0.05, 0) is 31.4 Å². The molecule has 1 saturated heterocycles. The summed E-state index contributed by atoms with van der Waals surface area (Å²) in [7, 11) is 0. The molecule has 2 N–H and O–H groups in total. The number of likely N-dealkylation sites (tertiary alicyclic amines) is 1. The van der Waals surface area contributed by atoms with Gasteiger partial charge in [0, 0.05) is 23.3 Å². The maximum absolute atomic E-state index is 6.01. The van der Waals surface area contributed by atoms with Crippen LogP contribution in [-0.2, 0) is 0 Å². The van der Waals surface area contributed by atoms with Gasteiger partial charge >= 0.3 is 0 Å². The summed E-state index contributed by atoms with van der Waals surface area (Å²) in [4.78, 5) is 3.86. The summed E-state index contributed by atoms with van der Waals surface area (Å²) in [5, 5.41) is 2.84. The summed E-state index contributed by atoms with van der Waals surface area (Å²) >= 11 is 7.74. The number of thiophene rings is 1. The van der Waals surface area contributed by atoms with E-state index in [1.807, 2.05) is 5.38 Å². The van der Waals surface area contributed by atoms with Gasteiger partial charge in [0.25, 0.3) is 0 Å². The Morgan fingerprint density at radius 3 is 3.06 bits per heavy atom. The molecular formula is C13H21ClN2S. The lowest BCUT2D eigenvalue weighted by Crippen LogP contribution is -2.40. The lowest BCUT2D eigenvalue weighted by atomic mass is 9.94. The fraction of sp³-hybridized carbons (Fsp3) is 0.692. The molecule has 0 spiro atoms. The van der Waals surface area contributed by atoms with Crippen LogP contribution in [0.4, 0.5) is 0 Å². The Bertz CT molecular complexity index is 353. The molecule has 4 heteroatoms. The molecule has 0 amide bonds. The van der Waals surface area contributed by atoms with Crippen molar-refractivity contribution in [2.45, 2.75) is 32.2 Å². The van der Waals surface area contributed by atoms with Gasteiger partial charge in [-0.15, -0.1) is 11.3 Å². The summed E-state index contributed by atoms with van der Waals surface area (Å²) in [6.45, 7) is 5.34. The second kappa shape index (κ2) is 6.19. The molecule has 2 nitrogen and oxygen atoms in total. The largest absolute Gasteiger partial charge is 0.329 e. The van der Waals surface area contributed by atoms with Crippen molar-refractivity contribution < 1.29 is 0 Å². The molecule has 17 heavy (non-hydrogen) atoms. The van der Waals surface area contributed by atoms with E-state index in [4.69, 9.17) is 17.3 Å². The van der Waals surface area contributed by atoms with Gasteiger partial charge < -0.3 is 5.73 Å². The maximum Gasteiger partial charge on any atom is 0.0564 e. The van der Waals surface area contributed by atoms with Crippen LogP contribution in [0.2, 0.25) is 5.02 Å². The Balaban J connectivity index is 2.07. The average Bonchev–Trinajstić information content (AvgIpc) is 2.77. The fourth-order valence-electron chi connectivity index (χ4n) is 2.66. The highest BCUT2D eigenvalue weighted by molar-refractivity contribution is 7.10. The minimum atomic E-state index is 0.363. The number of rotatable bonds is 4. The number of halogens is 1. The molecule has 0 bridgehead atoms. The van der Waals surface area contributed by atoms with E-state index in [1.54, 1.807) is 11.3 Å². The fourth-order valence-corrected chi connectivity index (χ4v) is 3.89. The van der Waals surface area contributed by atoms with Crippen molar-refractivity contribution in [1.29, 1.82) is 0 Å². The molecule has 1 fully saturated rings. The highest BCUT2D eigenvalue weighted by Crippen LogP contribution is 2.32. The lowest BCUT2D eigenvalue weighted by molar-refractivity contribution is 0.126.